The first-order valence-electron chi connectivity index (χ1n) is 7.22. The molecule has 1 aliphatic heterocycles. The van der Waals surface area contributed by atoms with E-state index >= 15 is 0 Å². The molecule has 0 saturated carbocycles. The summed E-state index contributed by atoms with van der Waals surface area (Å²) in [5.41, 5.74) is 6.06. The van der Waals surface area contributed by atoms with E-state index in [0.29, 0.717) is 22.6 Å². The summed E-state index contributed by atoms with van der Waals surface area (Å²) < 4.78 is 7.24. The van der Waals surface area contributed by atoms with Gasteiger partial charge in [-0.15, -0.1) is 0 Å². The number of aromatic nitrogens is 1. The first-order chi connectivity index (χ1) is 10.8. The molecule has 3 rings (SSSR count). The zero-order valence-electron chi connectivity index (χ0n) is 12.9. The van der Waals surface area contributed by atoms with Gasteiger partial charge in [0.2, 0.25) is 0 Å². The lowest BCUT2D eigenvalue weighted by Gasteiger charge is -2.42. The van der Waals surface area contributed by atoms with Crippen molar-refractivity contribution in [2.24, 2.45) is 0 Å². The Labute approximate surface area is 133 Å². The molecule has 0 amide bonds. The summed E-state index contributed by atoms with van der Waals surface area (Å²) in [6.07, 6.45) is 0.518. The summed E-state index contributed by atoms with van der Waals surface area (Å²) in [6, 6.07) is 9.22. The highest BCUT2D eigenvalue weighted by Crippen LogP contribution is 2.41. The molecule has 118 valence electrons. The molecule has 6 heteroatoms. The molecule has 0 radical (unpaired) electrons. The van der Waals surface area contributed by atoms with Gasteiger partial charge in [0.15, 0.2) is 0 Å². The lowest BCUT2D eigenvalue weighted by Crippen LogP contribution is -2.52. The predicted octanol–water partition coefficient (Wildman–Crippen LogP) is 1.42. The van der Waals surface area contributed by atoms with Crippen molar-refractivity contribution in [1.29, 1.82) is 5.26 Å². The van der Waals surface area contributed by atoms with Gasteiger partial charge in [-0.05, 0) is 38.1 Å². The molecule has 3 N–H and O–H groups in total. The summed E-state index contributed by atoms with van der Waals surface area (Å²) >= 11 is 0. The number of hydrogen-bond acceptors (Lipinski definition) is 5. The molecular weight excluding hydrogens is 294 g/mol. The second-order valence-electron chi connectivity index (χ2n) is 6.17. The Hall–Kier alpha value is -2.78. The standard InChI is InChI=1S/C17H17N3O3/c1-17(2)16(22)15(20-9-11(19)4-6-14(20)21)12-7-10(8-18)3-5-13(12)23-17/h3-7,9,15-16,22H,19H2,1-2H3. The number of nitrogen functional groups attached to an aromatic ring is 1. The van der Waals surface area contributed by atoms with Gasteiger partial charge in [-0.3, -0.25) is 4.79 Å². The average molecular weight is 311 g/mol. The fourth-order valence-electron chi connectivity index (χ4n) is 2.88. The Bertz CT molecular complexity index is 864. The van der Waals surface area contributed by atoms with Crippen molar-refractivity contribution in [3.8, 4) is 11.8 Å². The summed E-state index contributed by atoms with van der Waals surface area (Å²) in [6.45, 7) is 3.51. The van der Waals surface area contributed by atoms with Crippen molar-refractivity contribution in [1.82, 2.24) is 4.57 Å². The summed E-state index contributed by atoms with van der Waals surface area (Å²) in [7, 11) is 0. The van der Waals surface area contributed by atoms with Crippen molar-refractivity contribution >= 4 is 5.69 Å². The smallest absolute Gasteiger partial charge is 0.251 e. The Morgan fingerprint density at radius 2 is 2.09 bits per heavy atom. The number of fused-ring (bicyclic) bond motifs is 1. The number of anilines is 1. The van der Waals surface area contributed by atoms with E-state index in [0.717, 1.165) is 0 Å². The molecule has 23 heavy (non-hydrogen) atoms. The van der Waals surface area contributed by atoms with Crippen molar-refractivity contribution in [2.45, 2.75) is 31.6 Å². The van der Waals surface area contributed by atoms with Crippen molar-refractivity contribution < 1.29 is 9.84 Å². The van der Waals surface area contributed by atoms with Gasteiger partial charge in [-0.25, -0.2) is 0 Å². The predicted molar refractivity (Wildman–Crippen MR) is 85.1 cm³/mol. The topological polar surface area (TPSA) is 101 Å². The number of hydrogen-bond donors (Lipinski definition) is 2. The van der Waals surface area contributed by atoms with Crippen LogP contribution in [0.3, 0.4) is 0 Å². The third-order valence-corrected chi connectivity index (χ3v) is 4.10. The maximum Gasteiger partial charge on any atom is 0.251 e. The van der Waals surface area contributed by atoms with Crippen LogP contribution in [0.5, 0.6) is 5.75 Å². The van der Waals surface area contributed by atoms with Crippen LogP contribution in [0, 0.1) is 11.3 Å². The minimum Gasteiger partial charge on any atom is -0.485 e. The molecule has 1 aliphatic rings. The monoisotopic (exact) mass is 311 g/mol. The fraction of sp³-hybridized carbons (Fsp3) is 0.294. The van der Waals surface area contributed by atoms with Crippen LogP contribution in [0.2, 0.25) is 0 Å². The number of nitriles is 1. The normalized spacial score (nSPS) is 21.8. The number of ether oxygens (including phenoxy) is 1. The first-order valence-corrected chi connectivity index (χ1v) is 7.22. The molecule has 0 fully saturated rings. The minimum absolute atomic E-state index is 0.283. The van der Waals surface area contributed by atoms with Gasteiger partial charge in [-0.2, -0.15) is 5.26 Å². The van der Waals surface area contributed by atoms with E-state index < -0.39 is 17.7 Å². The highest BCUT2D eigenvalue weighted by Gasteiger charge is 2.44. The third kappa shape index (κ3) is 2.45. The summed E-state index contributed by atoms with van der Waals surface area (Å²) in [5.74, 6) is 0.540. The van der Waals surface area contributed by atoms with Crippen molar-refractivity contribution in [3.63, 3.8) is 0 Å². The lowest BCUT2D eigenvalue weighted by atomic mass is 9.85. The van der Waals surface area contributed by atoms with Gasteiger partial charge in [-0.1, -0.05) is 0 Å². The van der Waals surface area contributed by atoms with Gasteiger partial charge in [0.1, 0.15) is 17.5 Å². The van der Waals surface area contributed by atoms with Crippen LogP contribution in [0.25, 0.3) is 0 Å². The molecule has 6 nitrogen and oxygen atoms in total. The van der Waals surface area contributed by atoms with E-state index in [2.05, 4.69) is 6.07 Å². The van der Waals surface area contributed by atoms with Gasteiger partial charge < -0.3 is 20.1 Å². The van der Waals surface area contributed by atoms with Crippen LogP contribution in [0.4, 0.5) is 5.69 Å². The molecule has 0 saturated heterocycles. The number of pyridine rings is 1. The van der Waals surface area contributed by atoms with Gasteiger partial charge in [0, 0.05) is 23.5 Å². The second-order valence-corrected chi connectivity index (χ2v) is 6.17. The molecule has 1 aromatic heterocycles. The Morgan fingerprint density at radius 3 is 2.78 bits per heavy atom. The van der Waals surface area contributed by atoms with Crippen molar-refractivity contribution in [2.75, 3.05) is 5.73 Å². The molecule has 2 heterocycles. The molecule has 2 aromatic rings. The molecule has 2 unspecified atom stereocenters. The SMILES string of the molecule is CC1(C)Oc2ccc(C#N)cc2C(n2cc(N)ccc2=O)C1O. The van der Waals surface area contributed by atoms with Crippen LogP contribution < -0.4 is 16.0 Å². The minimum atomic E-state index is -0.983. The molecule has 2 atom stereocenters. The van der Waals surface area contributed by atoms with E-state index in [-0.39, 0.29) is 5.56 Å². The number of nitrogens with two attached hydrogens (primary N) is 1. The Morgan fingerprint density at radius 1 is 1.35 bits per heavy atom. The fourth-order valence-corrected chi connectivity index (χ4v) is 2.88. The molecule has 0 spiro atoms. The summed E-state index contributed by atoms with van der Waals surface area (Å²) in [5, 5.41) is 19.9. The van der Waals surface area contributed by atoms with E-state index in [1.807, 2.05) is 0 Å². The van der Waals surface area contributed by atoms with E-state index in [4.69, 9.17) is 15.7 Å². The molecule has 1 aromatic carbocycles. The zero-order chi connectivity index (χ0) is 16.8. The Balaban J connectivity index is 2.28. The zero-order valence-corrected chi connectivity index (χ0v) is 12.9. The number of nitrogens with zero attached hydrogens (tertiary/aromatic N) is 2. The summed E-state index contributed by atoms with van der Waals surface area (Å²) in [4.78, 5) is 12.3. The maximum absolute atomic E-state index is 12.3. The highest BCUT2D eigenvalue weighted by atomic mass is 16.5. The van der Waals surface area contributed by atoms with Gasteiger partial charge in [0.25, 0.3) is 5.56 Å². The molecule has 0 bridgehead atoms. The van der Waals surface area contributed by atoms with Crippen LogP contribution in [0.1, 0.15) is 31.0 Å². The third-order valence-electron chi connectivity index (χ3n) is 4.10. The second kappa shape index (κ2) is 5.14. The van der Waals surface area contributed by atoms with Gasteiger partial charge in [0.05, 0.1) is 17.7 Å². The maximum atomic E-state index is 12.3. The number of aliphatic hydroxyl groups is 1. The van der Waals surface area contributed by atoms with E-state index in [9.17, 15) is 9.90 Å². The van der Waals surface area contributed by atoms with Crippen LogP contribution in [-0.2, 0) is 0 Å². The average Bonchev–Trinajstić information content (AvgIpc) is 2.51. The van der Waals surface area contributed by atoms with Gasteiger partial charge >= 0.3 is 0 Å². The van der Waals surface area contributed by atoms with Crippen molar-refractivity contribution in [3.05, 3.63) is 58.0 Å². The molecule has 0 aliphatic carbocycles. The number of rotatable bonds is 1. The van der Waals surface area contributed by atoms with Crippen LogP contribution in [-0.4, -0.2) is 21.4 Å². The van der Waals surface area contributed by atoms with E-state index in [1.165, 1.54) is 22.9 Å². The quantitative estimate of drug-likeness (QED) is 0.829. The number of benzene rings is 1. The van der Waals surface area contributed by atoms with E-state index in [1.54, 1.807) is 32.0 Å². The van der Waals surface area contributed by atoms with Crippen LogP contribution in [0.15, 0.2) is 41.3 Å². The largest absolute Gasteiger partial charge is 0.485 e. The lowest BCUT2D eigenvalue weighted by molar-refractivity contribution is -0.0642. The molecular formula is C17H17N3O3. The first kappa shape index (κ1) is 15.1. The van der Waals surface area contributed by atoms with Crippen LogP contribution >= 0.6 is 0 Å². The Kier molecular flexibility index (Phi) is 3.38. The highest BCUT2D eigenvalue weighted by molar-refractivity contribution is 5.47. The number of aliphatic hydroxyl groups excluding tert-OH is 1.